The van der Waals surface area contributed by atoms with Crippen LogP contribution in [-0.2, 0) is 0 Å². The van der Waals surface area contributed by atoms with Crippen molar-refractivity contribution >= 4 is 16.8 Å². The maximum Gasteiger partial charge on any atom is 0.0379 e. The van der Waals surface area contributed by atoms with Gasteiger partial charge < -0.3 is 0 Å². The zero-order valence-corrected chi connectivity index (χ0v) is 9.99. The lowest BCUT2D eigenvalue weighted by Gasteiger charge is -2.16. The summed E-state index contributed by atoms with van der Waals surface area (Å²) in [5, 5.41) is 2.62. The predicted molar refractivity (Wildman–Crippen MR) is 71.0 cm³/mol. The van der Waals surface area contributed by atoms with Crippen LogP contribution < -0.4 is 0 Å². The van der Waals surface area contributed by atoms with Crippen molar-refractivity contribution < 1.29 is 0 Å². The summed E-state index contributed by atoms with van der Waals surface area (Å²) in [5.74, 6) is 0.559. The average Bonchev–Trinajstić information content (AvgIpc) is 3.09. The number of fused-ring (bicyclic) bond motifs is 5. The molecule has 1 atom stereocenters. The van der Waals surface area contributed by atoms with E-state index < -0.39 is 0 Å². The van der Waals surface area contributed by atoms with Gasteiger partial charge in [0.2, 0.25) is 0 Å². The molecule has 1 heterocycles. The van der Waals surface area contributed by atoms with E-state index in [9.17, 15) is 0 Å². The van der Waals surface area contributed by atoms with Crippen molar-refractivity contribution in [3.05, 3.63) is 58.4 Å². The van der Waals surface area contributed by atoms with Crippen LogP contribution in [0.2, 0.25) is 0 Å². The zero-order chi connectivity index (χ0) is 11.6. The van der Waals surface area contributed by atoms with Crippen LogP contribution in [0.4, 0.5) is 0 Å². The molecule has 1 aromatic heterocycles. The molecule has 0 aliphatic heterocycles. The molecular weight excluding hydrogens is 206 g/mol. The molecule has 2 aliphatic carbocycles. The molecule has 0 fully saturated rings. The number of allylic oxidation sites excluding steroid dienone is 3. The molecule has 2 aliphatic rings. The fourth-order valence-electron chi connectivity index (χ4n) is 2.91. The van der Waals surface area contributed by atoms with Gasteiger partial charge in [0.05, 0.1) is 0 Å². The quantitative estimate of drug-likeness (QED) is 0.653. The third-order valence-electron chi connectivity index (χ3n) is 3.83. The first-order valence-electron chi connectivity index (χ1n) is 6.04. The summed E-state index contributed by atoms with van der Waals surface area (Å²) in [7, 11) is 0. The Morgan fingerprint density at radius 1 is 1.18 bits per heavy atom. The summed E-state index contributed by atoms with van der Waals surface area (Å²) in [6.07, 6.45) is 6.68. The molecule has 0 saturated carbocycles. The number of hydrogen-bond acceptors (Lipinski definition) is 1. The third-order valence-corrected chi connectivity index (χ3v) is 3.83. The molecule has 2 aromatic rings. The van der Waals surface area contributed by atoms with Gasteiger partial charge in [-0.2, -0.15) is 0 Å². The molecule has 0 bridgehead atoms. The first-order valence-corrected chi connectivity index (χ1v) is 6.04. The van der Waals surface area contributed by atoms with Crippen LogP contribution in [0.5, 0.6) is 0 Å². The van der Waals surface area contributed by atoms with Gasteiger partial charge >= 0.3 is 0 Å². The number of nitrogens with zero attached hydrogens (tertiary/aromatic N) is 1. The SMILES string of the molecule is CC1=Cc2ccc3cc(C)ncc3c2C2C=C12. The Morgan fingerprint density at radius 3 is 2.94 bits per heavy atom. The fraction of sp³-hybridized carbons (Fsp3) is 0.188. The van der Waals surface area contributed by atoms with E-state index in [-0.39, 0.29) is 0 Å². The second kappa shape index (κ2) is 2.86. The van der Waals surface area contributed by atoms with Crippen molar-refractivity contribution in [3.63, 3.8) is 0 Å². The Labute approximate surface area is 100 Å². The van der Waals surface area contributed by atoms with Crippen molar-refractivity contribution in [1.82, 2.24) is 4.98 Å². The van der Waals surface area contributed by atoms with Crippen molar-refractivity contribution in [2.24, 2.45) is 0 Å². The van der Waals surface area contributed by atoms with Crippen LogP contribution >= 0.6 is 0 Å². The first kappa shape index (κ1) is 9.17. The van der Waals surface area contributed by atoms with E-state index >= 15 is 0 Å². The van der Waals surface area contributed by atoms with E-state index in [1.54, 1.807) is 0 Å². The Hall–Kier alpha value is -1.89. The van der Waals surface area contributed by atoms with E-state index in [2.05, 4.69) is 42.3 Å². The van der Waals surface area contributed by atoms with E-state index in [0.717, 1.165) is 5.69 Å². The van der Waals surface area contributed by atoms with Gasteiger partial charge in [0.25, 0.3) is 0 Å². The van der Waals surface area contributed by atoms with Crippen LogP contribution in [0.15, 0.2) is 41.6 Å². The van der Waals surface area contributed by atoms with E-state index in [1.165, 1.54) is 33.0 Å². The Morgan fingerprint density at radius 2 is 2.06 bits per heavy atom. The largest absolute Gasteiger partial charge is 0.261 e. The Balaban J connectivity index is 2.09. The Kier molecular flexibility index (Phi) is 1.54. The van der Waals surface area contributed by atoms with Crippen LogP contribution in [0.1, 0.15) is 29.7 Å². The van der Waals surface area contributed by atoms with Crippen LogP contribution in [0.25, 0.3) is 16.8 Å². The molecule has 1 unspecified atom stereocenters. The summed E-state index contributed by atoms with van der Waals surface area (Å²) >= 11 is 0. The second-order valence-corrected chi connectivity index (χ2v) is 5.04. The Bertz CT molecular complexity index is 720. The fourth-order valence-corrected chi connectivity index (χ4v) is 2.91. The zero-order valence-electron chi connectivity index (χ0n) is 9.99. The lowest BCUT2D eigenvalue weighted by atomic mass is 9.88. The summed E-state index contributed by atoms with van der Waals surface area (Å²) in [6.45, 7) is 4.25. The monoisotopic (exact) mass is 219 g/mol. The van der Waals surface area contributed by atoms with Crippen LogP contribution in [0.3, 0.4) is 0 Å². The van der Waals surface area contributed by atoms with Gasteiger partial charge in [-0.1, -0.05) is 24.3 Å². The molecule has 17 heavy (non-hydrogen) atoms. The maximum absolute atomic E-state index is 4.44. The second-order valence-electron chi connectivity index (χ2n) is 5.04. The number of pyridine rings is 1. The molecule has 0 spiro atoms. The van der Waals surface area contributed by atoms with Gasteiger partial charge in [0.15, 0.2) is 0 Å². The molecule has 82 valence electrons. The number of rotatable bonds is 0. The summed E-state index contributed by atoms with van der Waals surface area (Å²) in [4.78, 5) is 4.44. The highest BCUT2D eigenvalue weighted by Gasteiger charge is 2.33. The van der Waals surface area contributed by atoms with Crippen molar-refractivity contribution in [3.8, 4) is 0 Å². The number of benzene rings is 1. The topological polar surface area (TPSA) is 12.9 Å². The van der Waals surface area contributed by atoms with Crippen LogP contribution in [0, 0.1) is 6.92 Å². The van der Waals surface area contributed by atoms with Crippen molar-refractivity contribution in [2.45, 2.75) is 19.8 Å². The molecule has 1 nitrogen and oxygen atoms in total. The highest BCUT2D eigenvalue weighted by Crippen LogP contribution is 2.51. The minimum Gasteiger partial charge on any atom is -0.261 e. The van der Waals surface area contributed by atoms with E-state index in [4.69, 9.17) is 0 Å². The predicted octanol–water partition coefficient (Wildman–Crippen LogP) is 3.98. The lowest BCUT2D eigenvalue weighted by molar-refractivity contribution is 1.15. The average molecular weight is 219 g/mol. The first-order chi connectivity index (χ1) is 8.24. The van der Waals surface area contributed by atoms with Crippen molar-refractivity contribution in [1.29, 1.82) is 0 Å². The third kappa shape index (κ3) is 1.17. The number of aromatic nitrogens is 1. The number of hydrogen-bond donors (Lipinski definition) is 0. The molecule has 0 radical (unpaired) electrons. The smallest absolute Gasteiger partial charge is 0.0379 e. The summed E-state index contributed by atoms with van der Waals surface area (Å²) in [5.41, 5.74) is 6.83. The molecule has 0 amide bonds. The van der Waals surface area contributed by atoms with E-state index in [1.807, 2.05) is 13.1 Å². The standard InChI is InChI=1S/C16H13N/c1-9-5-12-4-3-11-6-10(2)17-8-15(11)16(12)14-7-13(9)14/h3-8,14H,1-2H3. The number of aryl methyl sites for hydroxylation is 1. The van der Waals surface area contributed by atoms with Gasteiger partial charge in [-0.3, -0.25) is 4.98 Å². The van der Waals surface area contributed by atoms with E-state index in [0.29, 0.717) is 5.92 Å². The van der Waals surface area contributed by atoms with Gasteiger partial charge in [0, 0.05) is 23.2 Å². The molecule has 0 saturated heterocycles. The minimum atomic E-state index is 0.559. The molecule has 1 aromatic carbocycles. The maximum atomic E-state index is 4.44. The summed E-state index contributed by atoms with van der Waals surface area (Å²) < 4.78 is 0. The van der Waals surface area contributed by atoms with Gasteiger partial charge in [-0.15, -0.1) is 0 Å². The van der Waals surface area contributed by atoms with Gasteiger partial charge in [-0.25, -0.2) is 0 Å². The lowest BCUT2D eigenvalue weighted by Crippen LogP contribution is -1.98. The highest BCUT2D eigenvalue weighted by atomic mass is 14.7. The van der Waals surface area contributed by atoms with Gasteiger partial charge in [0.1, 0.15) is 0 Å². The molecule has 1 heteroatoms. The molecule has 0 N–H and O–H groups in total. The van der Waals surface area contributed by atoms with Gasteiger partial charge in [-0.05, 0) is 47.6 Å². The van der Waals surface area contributed by atoms with Crippen molar-refractivity contribution in [2.75, 3.05) is 0 Å². The molecule has 4 rings (SSSR count). The van der Waals surface area contributed by atoms with Crippen LogP contribution in [-0.4, -0.2) is 4.98 Å². The minimum absolute atomic E-state index is 0.559. The highest BCUT2D eigenvalue weighted by molar-refractivity contribution is 5.93. The normalized spacial score (nSPS) is 20.5. The molecular formula is C16H13N. The summed E-state index contributed by atoms with van der Waals surface area (Å²) in [6, 6.07) is 6.62.